The molecule has 3 aromatic carbocycles. The van der Waals surface area contributed by atoms with E-state index in [9.17, 15) is 14.9 Å². The molecule has 0 unspecified atom stereocenters. The average Bonchev–Trinajstić information content (AvgIpc) is 2.71. The number of nitrogens with zero attached hydrogens (tertiary/aromatic N) is 1. The normalized spacial score (nSPS) is 10.9. The molecule has 0 heterocycles. The van der Waals surface area contributed by atoms with Crippen LogP contribution in [0.4, 0.5) is 5.69 Å². The Hall–Kier alpha value is -4.11. The topological polar surface area (TPSA) is 105 Å². The van der Waals surface area contributed by atoms with Gasteiger partial charge in [0.15, 0.2) is 6.61 Å². The van der Waals surface area contributed by atoms with Crippen molar-refractivity contribution in [1.29, 1.82) is 5.26 Å². The lowest BCUT2D eigenvalue weighted by atomic mass is 10.1. The second-order valence-electron chi connectivity index (χ2n) is 6.01. The second kappa shape index (κ2) is 8.52. The number of amides is 2. The number of nitriles is 1. The van der Waals surface area contributed by atoms with Crippen LogP contribution in [0.2, 0.25) is 0 Å². The summed E-state index contributed by atoms with van der Waals surface area (Å²) in [6.45, 7) is -0.215. The molecule has 0 aliphatic carbocycles. The van der Waals surface area contributed by atoms with E-state index in [2.05, 4.69) is 5.32 Å². The van der Waals surface area contributed by atoms with Gasteiger partial charge in [-0.05, 0) is 46.7 Å². The fraction of sp³-hybridized carbons (Fsp3) is 0.0455. The van der Waals surface area contributed by atoms with Gasteiger partial charge in [-0.1, -0.05) is 42.5 Å². The number of nitrogens with one attached hydrogen (secondary N) is 1. The Morgan fingerprint density at radius 3 is 2.43 bits per heavy atom. The van der Waals surface area contributed by atoms with Gasteiger partial charge in [-0.15, -0.1) is 0 Å². The third kappa shape index (κ3) is 4.74. The fourth-order valence-electron chi connectivity index (χ4n) is 2.60. The summed E-state index contributed by atoms with van der Waals surface area (Å²) in [5.74, 6) is -0.594. The zero-order valence-electron chi connectivity index (χ0n) is 14.9. The molecular formula is C22H17N3O3. The zero-order chi connectivity index (χ0) is 19.9. The van der Waals surface area contributed by atoms with Crippen LogP contribution in [0.3, 0.4) is 0 Å². The highest BCUT2D eigenvalue weighted by atomic mass is 16.5. The quantitative estimate of drug-likeness (QED) is 0.512. The number of hydrogen-bond acceptors (Lipinski definition) is 4. The van der Waals surface area contributed by atoms with Gasteiger partial charge in [0.2, 0.25) is 0 Å². The highest BCUT2D eigenvalue weighted by molar-refractivity contribution is 6.10. The van der Waals surface area contributed by atoms with Crippen LogP contribution in [-0.2, 0) is 9.59 Å². The van der Waals surface area contributed by atoms with Crippen LogP contribution < -0.4 is 15.8 Å². The smallest absolute Gasteiger partial charge is 0.266 e. The number of nitrogens with two attached hydrogens (primary N) is 1. The Kier molecular flexibility index (Phi) is 5.68. The minimum Gasteiger partial charge on any atom is -0.484 e. The molecule has 0 spiro atoms. The molecule has 0 aromatic heterocycles. The molecule has 3 rings (SSSR count). The maximum absolute atomic E-state index is 12.5. The molecule has 2 amide bonds. The third-order valence-electron chi connectivity index (χ3n) is 3.94. The standard InChI is InChI=1S/C22H17N3O3/c23-13-18(11-15-5-9-20(10-6-15)28-14-21(24)26)22(27)25-19-8-7-16-3-1-2-4-17(16)12-19/h1-12H,14H2,(H2,24,26)(H,25,27)/b18-11+. The summed E-state index contributed by atoms with van der Waals surface area (Å²) in [6.07, 6.45) is 1.48. The summed E-state index contributed by atoms with van der Waals surface area (Å²) in [7, 11) is 0. The number of carbonyl (C=O) groups excluding carboxylic acids is 2. The molecule has 0 fully saturated rings. The largest absolute Gasteiger partial charge is 0.484 e. The molecule has 3 aromatic rings. The first kappa shape index (κ1) is 18.7. The second-order valence-corrected chi connectivity index (χ2v) is 6.01. The molecule has 138 valence electrons. The number of anilines is 1. The molecule has 0 saturated heterocycles. The molecule has 0 saturated carbocycles. The van der Waals surface area contributed by atoms with Gasteiger partial charge >= 0.3 is 0 Å². The first-order valence-electron chi connectivity index (χ1n) is 8.48. The van der Waals surface area contributed by atoms with Crippen molar-refractivity contribution < 1.29 is 14.3 Å². The SMILES string of the molecule is N#C/C(=C\c1ccc(OCC(N)=O)cc1)C(=O)Nc1ccc2ccccc2c1. The van der Waals surface area contributed by atoms with Crippen LogP contribution in [-0.4, -0.2) is 18.4 Å². The minimum atomic E-state index is -0.568. The number of primary amides is 1. The van der Waals surface area contributed by atoms with Crippen molar-refractivity contribution in [2.24, 2.45) is 5.73 Å². The van der Waals surface area contributed by atoms with Crippen molar-refractivity contribution in [2.75, 3.05) is 11.9 Å². The Morgan fingerprint density at radius 1 is 1.04 bits per heavy atom. The summed E-state index contributed by atoms with van der Waals surface area (Å²) in [4.78, 5) is 23.2. The van der Waals surface area contributed by atoms with Gasteiger partial charge in [-0.2, -0.15) is 5.26 Å². The number of ether oxygens (including phenoxy) is 1. The van der Waals surface area contributed by atoms with Gasteiger partial charge in [0.1, 0.15) is 17.4 Å². The predicted octanol–water partition coefficient (Wildman–Crippen LogP) is 3.25. The van der Waals surface area contributed by atoms with E-state index >= 15 is 0 Å². The molecular weight excluding hydrogens is 354 g/mol. The summed E-state index contributed by atoms with van der Waals surface area (Å²) >= 11 is 0. The van der Waals surface area contributed by atoms with E-state index in [4.69, 9.17) is 10.5 Å². The molecule has 3 N–H and O–H groups in total. The Bertz CT molecular complexity index is 1100. The van der Waals surface area contributed by atoms with Crippen LogP contribution >= 0.6 is 0 Å². The van der Waals surface area contributed by atoms with Gasteiger partial charge in [-0.25, -0.2) is 0 Å². The van der Waals surface area contributed by atoms with Crippen molar-refractivity contribution in [2.45, 2.75) is 0 Å². The monoisotopic (exact) mass is 371 g/mol. The van der Waals surface area contributed by atoms with Crippen molar-refractivity contribution in [3.05, 3.63) is 77.9 Å². The van der Waals surface area contributed by atoms with Crippen molar-refractivity contribution in [3.8, 4) is 11.8 Å². The van der Waals surface area contributed by atoms with Gasteiger partial charge in [0, 0.05) is 5.69 Å². The summed E-state index contributed by atoms with van der Waals surface area (Å²) < 4.78 is 5.18. The first-order chi connectivity index (χ1) is 13.5. The molecule has 0 aliphatic rings. The number of carbonyl (C=O) groups is 2. The van der Waals surface area contributed by atoms with Crippen molar-refractivity contribution in [1.82, 2.24) is 0 Å². The van der Waals surface area contributed by atoms with E-state index < -0.39 is 11.8 Å². The Balaban J connectivity index is 1.73. The zero-order valence-corrected chi connectivity index (χ0v) is 14.9. The van der Waals surface area contributed by atoms with E-state index in [0.717, 1.165) is 10.8 Å². The van der Waals surface area contributed by atoms with E-state index in [1.165, 1.54) is 6.08 Å². The molecule has 0 atom stereocenters. The lowest BCUT2D eigenvalue weighted by molar-refractivity contribution is -0.120. The van der Waals surface area contributed by atoms with Crippen molar-refractivity contribution in [3.63, 3.8) is 0 Å². The Labute approximate surface area is 161 Å². The highest BCUT2D eigenvalue weighted by Crippen LogP contribution is 2.20. The molecule has 28 heavy (non-hydrogen) atoms. The van der Waals surface area contributed by atoms with Crippen molar-refractivity contribution >= 4 is 34.4 Å². The van der Waals surface area contributed by atoms with E-state index in [1.807, 2.05) is 42.5 Å². The van der Waals surface area contributed by atoms with Crippen LogP contribution in [0.5, 0.6) is 5.75 Å². The first-order valence-corrected chi connectivity index (χ1v) is 8.48. The van der Waals surface area contributed by atoms with E-state index in [-0.39, 0.29) is 12.2 Å². The van der Waals surface area contributed by atoms with Gasteiger partial charge < -0.3 is 15.8 Å². The van der Waals surface area contributed by atoms with Crippen LogP contribution in [0.1, 0.15) is 5.56 Å². The van der Waals surface area contributed by atoms with Gasteiger partial charge in [0.25, 0.3) is 11.8 Å². The van der Waals surface area contributed by atoms with Crippen LogP contribution in [0.15, 0.2) is 72.3 Å². The van der Waals surface area contributed by atoms with Crippen LogP contribution in [0, 0.1) is 11.3 Å². The molecule has 6 nitrogen and oxygen atoms in total. The predicted molar refractivity (Wildman–Crippen MR) is 107 cm³/mol. The summed E-state index contributed by atoms with van der Waals surface area (Å²) in [5.41, 5.74) is 6.26. The van der Waals surface area contributed by atoms with Gasteiger partial charge in [0.05, 0.1) is 0 Å². The van der Waals surface area contributed by atoms with Crippen LogP contribution in [0.25, 0.3) is 16.8 Å². The number of benzene rings is 3. The number of hydrogen-bond donors (Lipinski definition) is 2. The Morgan fingerprint density at radius 2 is 1.75 bits per heavy atom. The van der Waals surface area contributed by atoms with Gasteiger partial charge in [-0.3, -0.25) is 9.59 Å². The molecule has 0 bridgehead atoms. The van der Waals surface area contributed by atoms with E-state index in [1.54, 1.807) is 30.3 Å². The molecule has 0 radical (unpaired) electrons. The highest BCUT2D eigenvalue weighted by Gasteiger charge is 2.10. The third-order valence-corrected chi connectivity index (χ3v) is 3.94. The number of fused-ring (bicyclic) bond motifs is 1. The lowest BCUT2D eigenvalue weighted by Crippen LogP contribution is -2.19. The molecule has 6 heteroatoms. The maximum atomic E-state index is 12.5. The van der Waals surface area contributed by atoms with E-state index in [0.29, 0.717) is 17.0 Å². The average molecular weight is 371 g/mol. The maximum Gasteiger partial charge on any atom is 0.266 e. The minimum absolute atomic E-state index is 0.0287. The lowest BCUT2D eigenvalue weighted by Gasteiger charge is -2.06. The summed E-state index contributed by atoms with van der Waals surface area (Å²) in [6, 6.07) is 21.9. The summed E-state index contributed by atoms with van der Waals surface area (Å²) in [5, 5.41) is 14.2. The fourth-order valence-corrected chi connectivity index (χ4v) is 2.60. The number of rotatable bonds is 6. The molecule has 0 aliphatic heterocycles.